The van der Waals surface area contributed by atoms with Crippen molar-refractivity contribution >= 4 is 43.1 Å². The highest BCUT2D eigenvalue weighted by Gasteiger charge is 2.14. The van der Waals surface area contributed by atoms with Gasteiger partial charge in [0.05, 0.1) is 32.1 Å². The summed E-state index contributed by atoms with van der Waals surface area (Å²) in [6.07, 6.45) is 0. The lowest BCUT2D eigenvalue weighted by molar-refractivity contribution is 1.45. The fourth-order valence-electron chi connectivity index (χ4n) is 4.68. The van der Waals surface area contributed by atoms with Crippen LogP contribution in [0.2, 0.25) is 0 Å². The molecule has 0 radical (unpaired) electrons. The maximum Gasteiger partial charge on any atom is 0.124 e. The fraction of sp³-hybridized carbons (Fsp3) is 0. The number of nitrogens with zero attached hydrogens (tertiary/aromatic N) is 3. The van der Waals surface area contributed by atoms with Gasteiger partial charge in [-0.1, -0.05) is 54.6 Å². The third kappa shape index (κ3) is 4.16. The molecule has 7 rings (SSSR count). The van der Waals surface area contributed by atoms with E-state index in [9.17, 15) is 5.26 Å². The van der Waals surface area contributed by atoms with E-state index in [-0.39, 0.29) is 0 Å². The first-order valence-electron chi connectivity index (χ1n) is 12.2. The summed E-state index contributed by atoms with van der Waals surface area (Å²) in [7, 11) is 0. The summed E-state index contributed by atoms with van der Waals surface area (Å²) in [6, 6.07) is 41.7. The number of nitriles is 1. The summed E-state index contributed by atoms with van der Waals surface area (Å²) in [6.45, 7) is 0. The molecule has 2 heterocycles. The Balaban J connectivity index is 1.41. The standard InChI is InChI=1S/C33H19N3S2/c34-20-21-7-5-8-22(15-21)23-9-6-10-24(16-23)25-17-26(32-35-28-11-1-3-13-30(28)37-32)19-27(18-25)33-36-29-12-2-4-14-31(29)38-33/h1-19H. The SMILES string of the molecule is N#Cc1cccc(-c2cccc(-c3cc(-c4nc5ccccc5s4)cc(-c4nc5ccccc5s4)c3)c2)c1. The maximum atomic E-state index is 9.36. The zero-order valence-electron chi connectivity index (χ0n) is 20.1. The van der Waals surface area contributed by atoms with E-state index >= 15 is 0 Å². The van der Waals surface area contributed by atoms with Crippen molar-refractivity contribution in [3.8, 4) is 49.5 Å². The van der Waals surface area contributed by atoms with E-state index in [1.807, 2.05) is 36.4 Å². The highest BCUT2D eigenvalue weighted by molar-refractivity contribution is 7.22. The predicted molar refractivity (Wildman–Crippen MR) is 159 cm³/mol. The van der Waals surface area contributed by atoms with Crippen LogP contribution in [0.25, 0.3) is 63.8 Å². The van der Waals surface area contributed by atoms with E-state index in [1.54, 1.807) is 22.7 Å². The van der Waals surface area contributed by atoms with Gasteiger partial charge in [-0.2, -0.15) is 5.26 Å². The van der Waals surface area contributed by atoms with Gasteiger partial charge in [-0.05, 0) is 82.9 Å². The Morgan fingerprint density at radius 1 is 0.474 bits per heavy atom. The lowest BCUT2D eigenvalue weighted by Gasteiger charge is -2.10. The van der Waals surface area contributed by atoms with Crippen molar-refractivity contribution < 1.29 is 0 Å². The third-order valence-corrected chi connectivity index (χ3v) is 8.71. The van der Waals surface area contributed by atoms with Crippen LogP contribution in [0.4, 0.5) is 0 Å². The summed E-state index contributed by atoms with van der Waals surface area (Å²) in [5.74, 6) is 0. The van der Waals surface area contributed by atoms with E-state index in [4.69, 9.17) is 9.97 Å². The highest BCUT2D eigenvalue weighted by atomic mass is 32.1. The van der Waals surface area contributed by atoms with E-state index < -0.39 is 0 Å². The van der Waals surface area contributed by atoms with Gasteiger partial charge in [0.2, 0.25) is 0 Å². The van der Waals surface area contributed by atoms with Gasteiger partial charge in [0, 0.05) is 11.1 Å². The Bertz CT molecular complexity index is 1850. The molecular formula is C33H19N3S2. The van der Waals surface area contributed by atoms with Crippen LogP contribution in [0.1, 0.15) is 5.56 Å². The lowest BCUT2D eigenvalue weighted by Crippen LogP contribution is -1.87. The second-order valence-electron chi connectivity index (χ2n) is 9.05. The van der Waals surface area contributed by atoms with Gasteiger partial charge in [0.25, 0.3) is 0 Å². The van der Waals surface area contributed by atoms with Gasteiger partial charge in [0.1, 0.15) is 10.0 Å². The molecule has 0 unspecified atom stereocenters. The van der Waals surface area contributed by atoms with Crippen LogP contribution in [0.15, 0.2) is 115 Å². The average molecular weight is 522 g/mol. The van der Waals surface area contributed by atoms with Crippen molar-refractivity contribution in [2.45, 2.75) is 0 Å². The fourth-order valence-corrected chi connectivity index (χ4v) is 6.58. The molecule has 3 nitrogen and oxygen atoms in total. The van der Waals surface area contributed by atoms with Crippen LogP contribution in [0.3, 0.4) is 0 Å². The monoisotopic (exact) mass is 521 g/mol. The summed E-state index contributed by atoms with van der Waals surface area (Å²) in [5, 5.41) is 11.4. The minimum atomic E-state index is 0.656. The van der Waals surface area contributed by atoms with Gasteiger partial charge in [-0.3, -0.25) is 0 Å². The lowest BCUT2D eigenvalue weighted by atomic mass is 9.96. The third-order valence-electron chi connectivity index (χ3n) is 6.54. The van der Waals surface area contributed by atoms with Crippen molar-refractivity contribution in [1.82, 2.24) is 9.97 Å². The number of thiazole rings is 2. The normalized spacial score (nSPS) is 11.1. The molecule has 178 valence electrons. The van der Waals surface area contributed by atoms with E-state index in [1.165, 1.54) is 9.40 Å². The van der Waals surface area contributed by atoms with Gasteiger partial charge in [-0.25, -0.2) is 9.97 Å². The van der Waals surface area contributed by atoms with Crippen LogP contribution >= 0.6 is 22.7 Å². The molecule has 2 aromatic heterocycles. The van der Waals surface area contributed by atoms with Gasteiger partial charge in [0.15, 0.2) is 0 Å². The Morgan fingerprint density at radius 3 is 1.53 bits per heavy atom. The highest BCUT2D eigenvalue weighted by Crippen LogP contribution is 2.39. The van der Waals surface area contributed by atoms with Crippen LogP contribution in [-0.4, -0.2) is 9.97 Å². The average Bonchev–Trinajstić information content (AvgIpc) is 3.62. The number of fused-ring (bicyclic) bond motifs is 2. The number of rotatable bonds is 4. The first-order valence-corrected chi connectivity index (χ1v) is 13.8. The molecule has 7 aromatic rings. The number of benzene rings is 5. The number of hydrogen-bond acceptors (Lipinski definition) is 5. The van der Waals surface area contributed by atoms with Crippen LogP contribution in [0, 0.1) is 11.3 Å². The molecule has 0 aliphatic rings. The number of hydrogen-bond donors (Lipinski definition) is 0. The molecule has 0 saturated heterocycles. The molecule has 0 bridgehead atoms. The summed E-state index contributed by atoms with van der Waals surface area (Å²) in [4.78, 5) is 9.90. The quantitative estimate of drug-likeness (QED) is 0.232. The Kier molecular flexibility index (Phi) is 5.55. The van der Waals surface area contributed by atoms with E-state index in [0.29, 0.717) is 5.56 Å². The minimum Gasteiger partial charge on any atom is -0.236 e. The minimum absolute atomic E-state index is 0.656. The van der Waals surface area contributed by atoms with Gasteiger partial charge in [-0.15, -0.1) is 22.7 Å². The molecule has 5 heteroatoms. The molecule has 0 N–H and O–H groups in total. The first kappa shape index (κ1) is 22.6. The molecule has 0 amide bonds. The Hall–Kier alpha value is -4.63. The first-order chi connectivity index (χ1) is 18.7. The second-order valence-corrected chi connectivity index (χ2v) is 11.1. The smallest absolute Gasteiger partial charge is 0.124 e. The molecule has 0 fully saturated rings. The van der Waals surface area contributed by atoms with Crippen LogP contribution in [0.5, 0.6) is 0 Å². The van der Waals surface area contributed by atoms with Crippen LogP contribution in [-0.2, 0) is 0 Å². The molecule has 0 spiro atoms. The molecule has 0 aliphatic heterocycles. The molecular weight excluding hydrogens is 503 g/mol. The largest absolute Gasteiger partial charge is 0.236 e. The zero-order chi connectivity index (χ0) is 25.5. The Morgan fingerprint density at radius 2 is 0.947 bits per heavy atom. The topological polar surface area (TPSA) is 49.6 Å². The number of para-hydroxylation sites is 2. The molecule has 5 aromatic carbocycles. The molecule has 0 atom stereocenters. The maximum absolute atomic E-state index is 9.36. The predicted octanol–water partition coefficient (Wildman–Crippen LogP) is 9.45. The Labute approximate surface area is 228 Å². The van der Waals surface area contributed by atoms with E-state index in [0.717, 1.165) is 54.4 Å². The van der Waals surface area contributed by atoms with Gasteiger partial charge < -0.3 is 0 Å². The van der Waals surface area contributed by atoms with Crippen molar-refractivity contribution in [2.75, 3.05) is 0 Å². The summed E-state index contributed by atoms with van der Waals surface area (Å²) >= 11 is 3.42. The van der Waals surface area contributed by atoms with Crippen molar-refractivity contribution in [3.05, 3.63) is 121 Å². The van der Waals surface area contributed by atoms with Gasteiger partial charge >= 0.3 is 0 Å². The van der Waals surface area contributed by atoms with Crippen LogP contribution < -0.4 is 0 Å². The second kappa shape index (κ2) is 9.35. The number of aromatic nitrogens is 2. The summed E-state index contributed by atoms with van der Waals surface area (Å²) < 4.78 is 2.35. The molecule has 38 heavy (non-hydrogen) atoms. The van der Waals surface area contributed by atoms with Crippen molar-refractivity contribution in [1.29, 1.82) is 5.26 Å². The van der Waals surface area contributed by atoms with E-state index in [2.05, 4.69) is 84.9 Å². The van der Waals surface area contributed by atoms with Crippen molar-refractivity contribution in [3.63, 3.8) is 0 Å². The van der Waals surface area contributed by atoms with Crippen molar-refractivity contribution in [2.24, 2.45) is 0 Å². The molecule has 0 aliphatic carbocycles. The molecule has 0 saturated carbocycles. The zero-order valence-corrected chi connectivity index (χ0v) is 21.8. The summed E-state index contributed by atoms with van der Waals surface area (Å²) in [5.41, 5.74) is 9.15.